The lowest BCUT2D eigenvalue weighted by Gasteiger charge is -2.20. The summed E-state index contributed by atoms with van der Waals surface area (Å²) in [5.41, 5.74) is 4.19. The van der Waals surface area contributed by atoms with Crippen molar-refractivity contribution in [2.24, 2.45) is 0 Å². The molecule has 0 spiro atoms. The molecule has 0 heterocycles. The Morgan fingerprint density at radius 3 is 2.22 bits per heavy atom. The van der Waals surface area contributed by atoms with E-state index in [1.165, 1.54) is 5.56 Å². The van der Waals surface area contributed by atoms with Crippen molar-refractivity contribution >= 4 is 21.8 Å². The molecule has 1 unspecified atom stereocenters. The number of hydrogen-bond acceptors (Lipinski definition) is 1. The monoisotopic (exact) mass is 311 g/mol. The van der Waals surface area contributed by atoms with Gasteiger partial charge in [0.15, 0.2) is 0 Å². The maximum absolute atomic E-state index is 12.4. The zero-order valence-corrected chi connectivity index (χ0v) is 13.5. The van der Waals surface area contributed by atoms with Crippen molar-refractivity contribution in [1.29, 1.82) is 0 Å². The number of nitrogens with zero attached hydrogens (tertiary/aromatic N) is 1. The summed E-state index contributed by atoms with van der Waals surface area (Å²) in [6, 6.07) is 4.14. The average molecular weight is 312 g/mol. The molecule has 0 aliphatic carbocycles. The highest BCUT2D eigenvalue weighted by Crippen LogP contribution is 2.18. The molecule has 1 aromatic rings. The quantitative estimate of drug-likeness (QED) is 0.773. The molecular formula is C15H22BrNO. The molecule has 0 saturated carbocycles. The van der Waals surface area contributed by atoms with Crippen LogP contribution in [-0.4, -0.2) is 29.2 Å². The van der Waals surface area contributed by atoms with E-state index in [-0.39, 0.29) is 5.91 Å². The maximum atomic E-state index is 12.4. The van der Waals surface area contributed by atoms with E-state index in [0.29, 0.717) is 4.83 Å². The first-order chi connectivity index (χ1) is 8.32. The van der Waals surface area contributed by atoms with E-state index in [1.54, 1.807) is 0 Å². The molecule has 0 saturated heterocycles. The predicted octanol–water partition coefficient (Wildman–Crippen LogP) is 3.86. The molecule has 0 aromatic heterocycles. The van der Waals surface area contributed by atoms with Crippen LogP contribution >= 0.6 is 15.9 Å². The number of benzene rings is 1. The van der Waals surface area contributed by atoms with Crippen molar-refractivity contribution in [3.8, 4) is 0 Å². The Bertz CT molecular complexity index is 417. The molecule has 0 aliphatic rings. The molecular weight excluding hydrogens is 290 g/mol. The molecule has 0 fully saturated rings. The van der Waals surface area contributed by atoms with E-state index in [2.05, 4.69) is 41.9 Å². The van der Waals surface area contributed by atoms with Gasteiger partial charge < -0.3 is 4.90 Å². The van der Waals surface area contributed by atoms with Crippen LogP contribution in [0.3, 0.4) is 0 Å². The Hall–Kier alpha value is -0.830. The summed E-state index contributed by atoms with van der Waals surface area (Å²) in [5, 5.41) is 0. The van der Waals surface area contributed by atoms with Gasteiger partial charge in [-0.2, -0.15) is 0 Å². The van der Waals surface area contributed by atoms with Crippen LogP contribution in [0.15, 0.2) is 12.1 Å². The van der Waals surface area contributed by atoms with Gasteiger partial charge in [0.25, 0.3) is 5.91 Å². The van der Waals surface area contributed by atoms with Gasteiger partial charge in [0.05, 0.1) is 0 Å². The van der Waals surface area contributed by atoms with E-state index < -0.39 is 0 Å². The highest BCUT2D eigenvalue weighted by atomic mass is 79.9. The van der Waals surface area contributed by atoms with Crippen molar-refractivity contribution in [3.63, 3.8) is 0 Å². The van der Waals surface area contributed by atoms with Crippen LogP contribution in [0.1, 0.15) is 40.4 Å². The molecule has 1 atom stereocenters. The third-order valence-corrected chi connectivity index (χ3v) is 3.56. The Morgan fingerprint density at radius 2 is 1.78 bits per heavy atom. The fourth-order valence-electron chi connectivity index (χ4n) is 2.18. The molecule has 100 valence electrons. The van der Waals surface area contributed by atoms with Crippen LogP contribution in [0.4, 0.5) is 0 Å². The van der Waals surface area contributed by atoms with Gasteiger partial charge in [-0.1, -0.05) is 40.5 Å². The standard InChI is InChI=1S/C15H22BrNO/c1-10-8-11(2)14(12(3)9-10)15(18)17(5)7-6-13(4)16/h8-9,13H,6-7H2,1-5H3. The summed E-state index contributed by atoms with van der Waals surface area (Å²) in [6.07, 6.45) is 0.964. The van der Waals surface area contributed by atoms with E-state index in [0.717, 1.165) is 29.7 Å². The first kappa shape index (κ1) is 15.2. The fraction of sp³-hybridized carbons (Fsp3) is 0.533. The minimum absolute atomic E-state index is 0.123. The Morgan fingerprint density at radius 1 is 1.28 bits per heavy atom. The largest absolute Gasteiger partial charge is 0.342 e. The van der Waals surface area contributed by atoms with Crippen LogP contribution in [0, 0.1) is 20.8 Å². The van der Waals surface area contributed by atoms with Gasteiger partial charge in [0.2, 0.25) is 0 Å². The van der Waals surface area contributed by atoms with Crippen molar-refractivity contribution in [2.75, 3.05) is 13.6 Å². The number of halogens is 1. The second-order valence-corrected chi connectivity index (χ2v) is 6.63. The number of amides is 1. The lowest BCUT2D eigenvalue weighted by atomic mass is 9.99. The summed E-state index contributed by atoms with van der Waals surface area (Å²) in [6.45, 7) is 8.95. The van der Waals surface area contributed by atoms with E-state index >= 15 is 0 Å². The van der Waals surface area contributed by atoms with Crippen molar-refractivity contribution < 1.29 is 4.79 Å². The first-order valence-corrected chi connectivity index (χ1v) is 7.22. The summed E-state index contributed by atoms with van der Waals surface area (Å²) in [4.78, 5) is 14.7. The molecule has 18 heavy (non-hydrogen) atoms. The number of aryl methyl sites for hydroxylation is 3. The molecule has 1 rings (SSSR count). The van der Waals surface area contributed by atoms with Crippen LogP contribution in [0.2, 0.25) is 0 Å². The van der Waals surface area contributed by atoms with Gasteiger partial charge in [0.1, 0.15) is 0 Å². The SMILES string of the molecule is Cc1cc(C)c(C(=O)N(C)CCC(C)Br)c(C)c1. The smallest absolute Gasteiger partial charge is 0.254 e. The summed E-state index contributed by atoms with van der Waals surface area (Å²) < 4.78 is 0. The average Bonchev–Trinajstić information content (AvgIpc) is 2.24. The number of carbonyl (C=O) groups is 1. The van der Waals surface area contributed by atoms with Crippen molar-refractivity contribution in [1.82, 2.24) is 4.90 Å². The Balaban J connectivity index is 2.90. The highest BCUT2D eigenvalue weighted by molar-refractivity contribution is 9.09. The summed E-state index contributed by atoms with van der Waals surface area (Å²) in [7, 11) is 1.87. The Kier molecular flexibility index (Phi) is 5.39. The number of rotatable bonds is 4. The third kappa shape index (κ3) is 3.84. The van der Waals surface area contributed by atoms with Gasteiger partial charge in [0, 0.05) is 24.0 Å². The van der Waals surface area contributed by atoms with E-state index in [1.807, 2.05) is 25.8 Å². The molecule has 1 aromatic carbocycles. The number of carbonyl (C=O) groups excluding carboxylic acids is 1. The topological polar surface area (TPSA) is 20.3 Å². The molecule has 3 heteroatoms. The van der Waals surface area contributed by atoms with Gasteiger partial charge in [-0.05, 0) is 38.3 Å². The second kappa shape index (κ2) is 6.37. The minimum Gasteiger partial charge on any atom is -0.342 e. The Labute approximate surface area is 119 Å². The lowest BCUT2D eigenvalue weighted by molar-refractivity contribution is 0.0792. The normalized spacial score (nSPS) is 12.3. The van der Waals surface area contributed by atoms with Crippen LogP contribution in [-0.2, 0) is 0 Å². The van der Waals surface area contributed by atoms with Crippen molar-refractivity contribution in [3.05, 3.63) is 34.4 Å². The minimum atomic E-state index is 0.123. The van der Waals surface area contributed by atoms with Crippen LogP contribution < -0.4 is 0 Å². The lowest BCUT2D eigenvalue weighted by Crippen LogP contribution is -2.30. The third-order valence-electron chi connectivity index (χ3n) is 3.10. The summed E-state index contributed by atoms with van der Waals surface area (Å²) in [5.74, 6) is 0.123. The second-order valence-electron chi connectivity index (χ2n) is 5.07. The first-order valence-electron chi connectivity index (χ1n) is 6.30. The van der Waals surface area contributed by atoms with E-state index in [4.69, 9.17) is 0 Å². The number of hydrogen-bond donors (Lipinski definition) is 0. The van der Waals surface area contributed by atoms with E-state index in [9.17, 15) is 4.79 Å². The molecule has 1 amide bonds. The highest BCUT2D eigenvalue weighted by Gasteiger charge is 2.17. The van der Waals surface area contributed by atoms with Crippen molar-refractivity contribution in [2.45, 2.75) is 38.9 Å². The van der Waals surface area contributed by atoms with Crippen LogP contribution in [0.25, 0.3) is 0 Å². The predicted molar refractivity (Wildman–Crippen MR) is 80.6 cm³/mol. The zero-order chi connectivity index (χ0) is 13.9. The maximum Gasteiger partial charge on any atom is 0.254 e. The fourth-order valence-corrected chi connectivity index (χ4v) is 2.39. The summed E-state index contributed by atoms with van der Waals surface area (Å²) >= 11 is 3.51. The van der Waals surface area contributed by atoms with Gasteiger partial charge >= 0.3 is 0 Å². The molecule has 2 nitrogen and oxygen atoms in total. The van der Waals surface area contributed by atoms with Gasteiger partial charge in [-0.15, -0.1) is 0 Å². The molecule has 0 bridgehead atoms. The van der Waals surface area contributed by atoms with Crippen LogP contribution in [0.5, 0.6) is 0 Å². The van der Waals surface area contributed by atoms with Gasteiger partial charge in [-0.3, -0.25) is 4.79 Å². The van der Waals surface area contributed by atoms with Gasteiger partial charge in [-0.25, -0.2) is 0 Å². The molecule has 0 N–H and O–H groups in total. The molecule has 0 radical (unpaired) electrons. The number of alkyl halides is 1. The molecule has 0 aliphatic heterocycles. The zero-order valence-electron chi connectivity index (χ0n) is 11.9.